The maximum atomic E-state index is 16.2. The summed E-state index contributed by atoms with van der Waals surface area (Å²) in [6.07, 6.45) is -9.81. The average molecular weight is 1190 g/mol. The fourth-order valence-electron chi connectivity index (χ4n) is 14.0. The minimum Gasteiger partial charge on any atom is -0.497 e. The number of hydrogen-bond donors (Lipinski definition) is 3. The van der Waals surface area contributed by atoms with Gasteiger partial charge in [-0.05, 0) is 85.7 Å². The molecule has 13 atom stereocenters. The molecule has 3 N–H and O–H groups in total. The van der Waals surface area contributed by atoms with Gasteiger partial charge in [0, 0.05) is 53.5 Å². The van der Waals surface area contributed by atoms with Crippen molar-refractivity contribution < 1.29 is 81.2 Å². The number of amides is 2. The summed E-state index contributed by atoms with van der Waals surface area (Å²) < 4.78 is 68.8. The van der Waals surface area contributed by atoms with Crippen LogP contribution in [0.25, 0.3) is 22.0 Å². The lowest BCUT2D eigenvalue weighted by molar-refractivity contribution is -0.240. The quantitative estimate of drug-likeness (QED) is 0.0811. The molecule has 2 aliphatic carbocycles. The minimum atomic E-state index is -2.48. The number of ether oxygens (including phenoxy) is 7. The van der Waals surface area contributed by atoms with Gasteiger partial charge in [0.15, 0.2) is 23.6 Å². The molecule has 4 saturated heterocycles. The SMILES string of the molecule is CCC(C)N([11CH3])C(=O)c1cc2ccccc2c(-c2ccccc2Cl)n1.COc1ccc(O[11CH3])c(CN(C(C)=O)c2cc(F)ccc2Oc2ccccc2)c1.C[C@@H]1C(=O)O[C@H]2[C@H](O)C34C5OC(=O)[C@@]3(OC3OC(=O)[C@H](O)C34[C@H](C(C)(C)C)[C@@H]5[18F])[C@@]12O. The Balaban J connectivity index is 0.000000143. The maximum absolute atomic E-state index is 16.2. The number of esters is 3. The standard InChI is InChI=1S/C23H22FNO4.C21H21ClN2O.C20H23FO10/c1-16(26)25(15-17-13-20(27-2)10-12-22(17)28-3)21-14-18(24)9-11-23(21)29-19-7-5-4-6-8-19;1-4-14(2)24(3)21(25)19-13-15-9-5-6-10-16(15)20(23-19)17-11-7-8-12-18(17)22;1-5-12(24)28-11-8(22)18-10-6(21)7(16(2,3)4)17(18)9(23)13(25)30-15(17)31-20(18,14(26)29-10)19(5,11)27/h4-14H,15H2,1-3H3;5-14H,4H2,1-3H3;5-11,15,22-23,27H,1-4H3/t;;5-,6+,7+,8+,9+,10?,11+,15?,17?,18?,19-,20+/m..1/s1/i2*3-1;21-1. The molecule has 18 nitrogen and oxygen atoms in total. The number of rotatable bonds is 11. The van der Waals surface area contributed by atoms with E-state index in [0.29, 0.717) is 39.4 Å². The molecule has 12 rings (SSSR count). The van der Waals surface area contributed by atoms with Crippen molar-refractivity contribution in [2.24, 2.45) is 28.1 Å². The van der Waals surface area contributed by atoms with Crippen LogP contribution in [0.3, 0.4) is 0 Å². The number of fused-ring (bicyclic) bond motifs is 2. The Hall–Kier alpha value is -7.75. The molecule has 2 amide bonds. The van der Waals surface area contributed by atoms with E-state index in [0.717, 1.165) is 34.0 Å². The second kappa shape index (κ2) is 22.3. The molecule has 2 saturated carbocycles. The summed E-state index contributed by atoms with van der Waals surface area (Å²) in [6, 6.07) is 36.1. The normalized spacial score (nSPS) is 29.3. The molecular formula is C64H66ClF2N3O15. The molecule has 0 radical (unpaired) electrons. The van der Waals surface area contributed by atoms with E-state index in [1.807, 2.05) is 86.8 Å². The van der Waals surface area contributed by atoms with Crippen molar-refractivity contribution in [1.29, 1.82) is 0 Å². The van der Waals surface area contributed by atoms with Gasteiger partial charge in [-0.1, -0.05) is 100.0 Å². The highest BCUT2D eigenvalue weighted by Gasteiger charge is 3.05. The molecule has 6 aromatic rings. The van der Waals surface area contributed by atoms with Crippen LogP contribution in [-0.4, -0.2) is 130 Å². The lowest BCUT2D eigenvalue weighted by atomic mass is 9.51. The van der Waals surface area contributed by atoms with Gasteiger partial charge < -0.3 is 58.3 Å². The van der Waals surface area contributed by atoms with E-state index < -0.39 is 99.9 Å². The number of alkyl halides is 1. The summed E-state index contributed by atoms with van der Waals surface area (Å²) in [5, 5.41) is 37.1. The number of hydrogen-bond acceptors (Lipinski definition) is 16. The summed E-state index contributed by atoms with van der Waals surface area (Å²) in [4.78, 5) is 71.5. The molecule has 21 heteroatoms. The van der Waals surface area contributed by atoms with Gasteiger partial charge in [0.2, 0.25) is 17.8 Å². The summed E-state index contributed by atoms with van der Waals surface area (Å²) in [7, 11) is 4.94. The third-order valence-corrected chi connectivity index (χ3v) is 18.3. The van der Waals surface area contributed by atoms with Gasteiger partial charge in [0.1, 0.15) is 47.1 Å². The molecule has 4 aliphatic heterocycles. The number of anilines is 1. The van der Waals surface area contributed by atoms with Crippen LogP contribution in [0.15, 0.2) is 121 Å². The Morgan fingerprint density at radius 3 is 2.16 bits per heavy atom. The third kappa shape index (κ3) is 8.99. The molecule has 5 heterocycles. The Kier molecular flexibility index (Phi) is 15.8. The van der Waals surface area contributed by atoms with Crippen molar-refractivity contribution in [2.45, 2.75) is 116 Å². The van der Waals surface area contributed by atoms with Crippen LogP contribution in [0.5, 0.6) is 23.0 Å². The van der Waals surface area contributed by atoms with E-state index >= 15 is 4.39 Å². The number of aromatic nitrogens is 1. The van der Waals surface area contributed by atoms with Crippen molar-refractivity contribution in [3.8, 4) is 34.3 Å². The Morgan fingerprint density at radius 2 is 1.51 bits per heavy atom. The van der Waals surface area contributed by atoms with Gasteiger partial charge in [0.25, 0.3) is 5.91 Å². The number of halogens is 3. The predicted octanol–water partition coefficient (Wildman–Crippen LogP) is 9.19. The highest BCUT2D eigenvalue weighted by molar-refractivity contribution is 6.33. The van der Waals surface area contributed by atoms with Crippen molar-refractivity contribution in [2.75, 3.05) is 26.2 Å². The summed E-state index contributed by atoms with van der Waals surface area (Å²) >= 11 is 6.39. The zero-order valence-corrected chi connectivity index (χ0v) is 49.1. The fraction of sp³-hybridized carbons (Fsp3) is 0.406. The van der Waals surface area contributed by atoms with Gasteiger partial charge >= 0.3 is 17.9 Å². The zero-order chi connectivity index (χ0) is 61.5. The number of carbonyl (C=O) groups excluding carboxylic acids is 5. The lowest BCUT2D eigenvalue weighted by Gasteiger charge is -2.47. The predicted molar refractivity (Wildman–Crippen MR) is 306 cm³/mol. The Morgan fingerprint density at radius 1 is 0.835 bits per heavy atom. The average Bonchev–Trinajstić information content (AvgIpc) is 1.42. The highest BCUT2D eigenvalue weighted by Crippen LogP contribution is 2.85. The molecule has 2 spiro atoms. The molecule has 6 fully saturated rings. The van der Waals surface area contributed by atoms with Crippen LogP contribution in [0, 0.1) is 33.9 Å². The van der Waals surface area contributed by atoms with Gasteiger partial charge in [-0.15, -0.1) is 0 Å². The number of nitrogens with zero attached hydrogens (tertiary/aromatic N) is 3. The van der Waals surface area contributed by atoms with E-state index in [9.17, 15) is 43.7 Å². The van der Waals surface area contributed by atoms with E-state index in [1.165, 1.54) is 36.9 Å². The van der Waals surface area contributed by atoms with E-state index in [2.05, 4.69) is 6.92 Å². The number of para-hydroxylation sites is 1. The smallest absolute Gasteiger partial charge is 0.343 e. The first kappa shape index (κ1) is 60.4. The largest absolute Gasteiger partial charge is 0.497 e. The number of methoxy groups -OCH3 is 2. The first-order valence-corrected chi connectivity index (χ1v) is 28.1. The molecule has 5 unspecified atom stereocenters. The van der Waals surface area contributed by atoms with E-state index in [4.69, 9.17) is 49.7 Å². The van der Waals surface area contributed by atoms with Gasteiger partial charge in [-0.3, -0.25) is 14.4 Å². The van der Waals surface area contributed by atoms with Crippen LogP contribution >= 0.6 is 11.6 Å². The van der Waals surface area contributed by atoms with Crippen molar-refractivity contribution in [3.63, 3.8) is 0 Å². The maximum Gasteiger partial charge on any atom is 0.343 e. The molecule has 448 valence electrons. The van der Waals surface area contributed by atoms with Gasteiger partial charge in [-0.25, -0.2) is 23.4 Å². The van der Waals surface area contributed by atoms with Crippen LogP contribution < -0.4 is 19.1 Å². The van der Waals surface area contributed by atoms with Crippen molar-refractivity contribution >= 4 is 57.8 Å². The first-order chi connectivity index (χ1) is 40.3. The molecule has 0 bridgehead atoms. The van der Waals surface area contributed by atoms with Crippen molar-refractivity contribution in [1.82, 2.24) is 9.88 Å². The monoisotopic (exact) mass is 1190 g/mol. The first-order valence-electron chi connectivity index (χ1n) is 27.8. The van der Waals surface area contributed by atoms with Crippen LogP contribution in [0.1, 0.15) is 70.9 Å². The number of aliphatic hydroxyl groups excluding tert-OH is 2. The van der Waals surface area contributed by atoms with Crippen LogP contribution in [-0.2, 0) is 44.7 Å². The number of pyridine rings is 1. The minimum absolute atomic E-state index is 0.0755. The number of benzene rings is 5. The Labute approximate surface area is 494 Å². The van der Waals surface area contributed by atoms with Crippen LogP contribution in [0.4, 0.5) is 14.5 Å². The summed E-state index contributed by atoms with van der Waals surface area (Å²) in [5.74, 6) is -4.28. The zero-order valence-electron chi connectivity index (χ0n) is 48.4. The van der Waals surface area contributed by atoms with Gasteiger partial charge in [-0.2, -0.15) is 0 Å². The molecule has 5 aromatic carbocycles. The number of carbonyl (C=O) groups is 5. The second-order valence-corrected chi connectivity index (χ2v) is 23.7. The third-order valence-electron chi connectivity index (χ3n) is 17.9. The molecular weight excluding hydrogens is 1120 g/mol. The Bertz CT molecular complexity index is 3630. The summed E-state index contributed by atoms with van der Waals surface area (Å²) in [5.41, 5.74) is -6.85. The summed E-state index contributed by atoms with van der Waals surface area (Å²) in [6.45, 7) is 12.0. The topological polar surface area (TPSA) is 230 Å². The van der Waals surface area contributed by atoms with E-state index in [1.54, 1.807) is 70.2 Å². The number of aliphatic hydroxyl groups is 3. The van der Waals surface area contributed by atoms with E-state index in [-0.39, 0.29) is 24.4 Å². The van der Waals surface area contributed by atoms with Gasteiger partial charge in [0.05, 0.1) is 48.9 Å². The van der Waals surface area contributed by atoms with Crippen molar-refractivity contribution in [3.05, 3.63) is 143 Å². The van der Waals surface area contributed by atoms with Crippen LogP contribution in [0.2, 0.25) is 5.02 Å². The fourth-order valence-corrected chi connectivity index (χ4v) is 14.2. The highest BCUT2D eigenvalue weighted by atomic mass is 35.5. The molecule has 1 aromatic heterocycles. The lowest BCUT2D eigenvalue weighted by Crippen LogP contribution is -2.67. The molecule has 6 aliphatic rings. The second-order valence-electron chi connectivity index (χ2n) is 23.3. The molecule has 85 heavy (non-hydrogen) atoms.